The zero-order valence-electron chi connectivity index (χ0n) is 15.6. The first-order chi connectivity index (χ1) is 13.3. The predicted octanol–water partition coefficient (Wildman–Crippen LogP) is 3.53. The monoisotopic (exact) mass is 386 g/mol. The lowest BCUT2D eigenvalue weighted by Gasteiger charge is -2.27. The van der Waals surface area contributed by atoms with Crippen LogP contribution in [0.2, 0.25) is 0 Å². The Kier molecular flexibility index (Phi) is 7.21. The third kappa shape index (κ3) is 5.79. The van der Waals surface area contributed by atoms with Gasteiger partial charge in [0, 0.05) is 36.4 Å². The highest BCUT2D eigenvalue weighted by molar-refractivity contribution is 7.99. The van der Waals surface area contributed by atoms with Gasteiger partial charge in [0.05, 0.1) is 13.2 Å². The van der Waals surface area contributed by atoms with E-state index in [1.165, 1.54) is 0 Å². The molecule has 3 rings (SSSR count). The van der Waals surface area contributed by atoms with Gasteiger partial charge in [-0.15, -0.1) is 0 Å². The zero-order chi connectivity index (χ0) is 18.9. The number of nitrogens with two attached hydrogens (primary N) is 1. The van der Waals surface area contributed by atoms with E-state index in [1.807, 2.05) is 48.2 Å². The fourth-order valence-electron chi connectivity index (χ4n) is 2.63. The Bertz CT molecular complexity index is 746. The van der Waals surface area contributed by atoms with Crippen LogP contribution in [-0.2, 0) is 6.54 Å². The van der Waals surface area contributed by atoms with E-state index >= 15 is 0 Å². The Morgan fingerprint density at radius 2 is 1.93 bits per heavy atom. The molecule has 1 aliphatic heterocycles. The standard InChI is InChI=1S/C20H26N4O2S/c1-2-12-25-17-5-7-18(8-6-17)26-19-16(4-3-9-22-19)15-23-20(21)24-10-13-27-14-11-24/h3-9H,2,10-15H2,1H3,(H2,21,23). The van der Waals surface area contributed by atoms with Crippen LogP contribution in [0.25, 0.3) is 0 Å². The van der Waals surface area contributed by atoms with Crippen LogP contribution in [0.1, 0.15) is 18.9 Å². The fourth-order valence-corrected chi connectivity index (χ4v) is 3.53. The smallest absolute Gasteiger partial charge is 0.224 e. The van der Waals surface area contributed by atoms with Gasteiger partial charge in [-0.05, 0) is 36.8 Å². The lowest BCUT2D eigenvalue weighted by Crippen LogP contribution is -2.42. The molecule has 0 aliphatic carbocycles. The van der Waals surface area contributed by atoms with Crippen LogP contribution in [0.15, 0.2) is 47.6 Å². The Balaban J connectivity index is 1.65. The highest BCUT2D eigenvalue weighted by atomic mass is 32.2. The molecular formula is C20H26N4O2S. The first kappa shape index (κ1) is 19.4. The molecule has 2 heterocycles. The van der Waals surface area contributed by atoms with E-state index < -0.39 is 0 Å². The molecule has 0 unspecified atom stereocenters. The topological polar surface area (TPSA) is 73.0 Å². The van der Waals surface area contributed by atoms with Crippen molar-refractivity contribution in [3.05, 3.63) is 48.2 Å². The summed E-state index contributed by atoms with van der Waals surface area (Å²) in [6.45, 7) is 5.13. The maximum atomic E-state index is 6.15. The van der Waals surface area contributed by atoms with E-state index in [0.717, 1.165) is 42.3 Å². The second-order valence-corrected chi connectivity index (χ2v) is 7.39. The van der Waals surface area contributed by atoms with E-state index in [0.29, 0.717) is 30.7 Å². The summed E-state index contributed by atoms with van der Waals surface area (Å²) in [5.74, 6) is 4.87. The molecule has 144 valence electrons. The number of pyridine rings is 1. The minimum Gasteiger partial charge on any atom is -0.494 e. The summed E-state index contributed by atoms with van der Waals surface area (Å²) in [7, 11) is 0. The number of nitrogens with zero attached hydrogens (tertiary/aromatic N) is 3. The van der Waals surface area contributed by atoms with Crippen molar-refractivity contribution in [2.45, 2.75) is 19.9 Å². The van der Waals surface area contributed by atoms with Gasteiger partial charge in [0.25, 0.3) is 0 Å². The van der Waals surface area contributed by atoms with Crippen LogP contribution in [0.5, 0.6) is 17.4 Å². The number of guanidine groups is 1. The van der Waals surface area contributed by atoms with Crippen molar-refractivity contribution < 1.29 is 9.47 Å². The van der Waals surface area contributed by atoms with Crippen molar-refractivity contribution in [2.75, 3.05) is 31.2 Å². The Morgan fingerprint density at radius 1 is 1.19 bits per heavy atom. The van der Waals surface area contributed by atoms with Gasteiger partial charge >= 0.3 is 0 Å². The Hall–Kier alpha value is -2.41. The van der Waals surface area contributed by atoms with Crippen molar-refractivity contribution in [1.29, 1.82) is 0 Å². The van der Waals surface area contributed by atoms with E-state index in [-0.39, 0.29) is 0 Å². The molecule has 7 heteroatoms. The molecule has 0 atom stereocenters. The average molecular weight is 387 g/mol. The van der Waals surface area contributed by atoms with Crippen molar-refractivity contribution in [1.82, 2.24) is 9.88 Å². The fraction of sp³-hybridized carbons (Fsp3) is 0.400. The number of ether oxygens (including phenoxy) is 2. The molecule has 1 aromatic heterocycles. The highest BCUT2D eigenvalue weighted by Gasteiger charge is 2.13. The minimum atomic E-state index is 0.441. The summed E-state index contributed by atoms with van der Waals surface area (Å²) in [5, 5.41) is 0. The van der Waals surface area contributed by atoms with Crippen LogP contribution in [0, 0.1) is 0 Å². The summed E-state index contributed by atoms with van der Waals surface area (Å²) in [5.41, 5.74) is 7.05. The van der Waals surface area contributed by atoms with Crippen LogP contribution in [0.3, 0.4) is 0 Å². The van der Waals surface area contributed by atoms with Gasteiger partial charge in [-0.1, -0.05) is 13.0 Å². The number of thioether (sulfide) groups is 1. The SMILES string of the molecule is CCCOc1ccc(Oc2ncccc2CN=C(N)N2CCSCC2)cc1. The first-order valence-electron chi connectivity index (χ1n) is 9.23. The van der Waals surface area contributed by atoms with Gasteiger partial charge in [0.15, 0.2) is 5.96 Å². The van der Waals surface area contributed by atoms with E-state index in [2.05, 4.69) is 21.8 Å². The quantitative estimate of drug-likeness (QED) is 0.580. The molecule has 2 N–H and O–H groups in total. The maximum absolute atomic E-state index is 6.15. The van der Waals surface area contributed by atoms with Gasteiger partial charge in [-0.2, -0.15) is 11.8 Å². The van der Waals surface area contributed by atoms with Crippen LogP contribution < -0.4 is 15.2 Å². The summed E-state index contributed by atoms with van der Waals surface area (Å²) in [6, 6.07) is 11.4. The first-order valence-corrected chi connectivity index (χ1v) is 10.4. The van der Waals surface area contributed by atoms with Gasteiger partial charge < -0.3 is 20.1 Å². The molecule has 0 spiro atoms. The number of rotatable bonds is 7. The van der Waals surface area contributed by atoms with Crippen LogP contribution >= 0.6 is 11.8 Å². The molecule has 1 aliphatic rings. The Morgan fingerprint density at radius 3 is 2.67 bits per heavy atom. The molecule has 2 aromatic rings. The molecule has 0 saturated carbocycles. The summed E-state index contributed by atoms with van der Waals surface area (Å²) in [6.07, 6.45) is 2.70. The number of hydrogen-bond acceptors (Lipinski definition) is 5. The van der Waals surface area contributed by atoms with Gasteiger partial charge in [0.2, 0.25) is 5.88 Å². The number of aromatic nitrogens is 1. The highest BCUT2D eigenvalue weighted by Crippen LogP contribution is 2.25. The van der Waals surface area contributed by atoms with Crippen molar-refractivity contribution in [2.24, 2.45) is 10.7 Å². The zero-order valence-corrected chi connectivity index (χ0v) is 16.5. The van der Waals surface area contributed by atoms with Crippen molar-refractivity contribution >= 4 is 17.7 Å². The molecule has 0 bridgehead atoms. The molecule has 1 aromatic carbocycles. The van der Waals surface area contributed by atoms with Crippen molar-refractivity contribution in [3.8, 4) is 17.4 Å². The molecule has 0 amide bonds. The van der Waals surface area contributed by atoms with Crippen LogP contribution in [0.4, 0.5) is 0 Å². The largest absolute Gasteiger partial charge is 0.494 e. The van der Waals surface area contributed by atoms with E-state index in [1.54, 1.807) is 6.20 Å². The summed E-state index contributed by atoms with van der Waals surface area (Å²) >= 11 is 1.95. The number of benzene rings is 1. The molecule has 1 saturated heterocycles. The van der Waals surface area contributed by atoms with Crippen molar-refractivity contribution in [3.63, 3.8) is 0 Å². The lowest BCUT2D eigenvalue weighted by molar-refractivity contribution is 0.317. The molecule has 27 heavy (non-hydrogen) atoms. The molecule has 0 radical (unpaired) electrons. The second kappa shape index (κ2) is 10.1. The second-order valence-electron chi connectivity index (χ2n) is 6.16. The summed E-state index contributed by atoms with van der Waals surface area (Å²) < 4.78 is 11.6. The van der Waals surface area contributed by atoms with Gasteiger partial charge in [0.1, 0.15) is 11.5 Å². The number of aliphatic imine (C=N–C) groups is 1. The third-order valence-corrected chi connectivity index (χ3v) is 5.05. The molecule has 6 nitrogen and oxygen atoms in total. The maximum Gasteiger partial charge on any atom is 0.224 e. The molecule has 1 fully saturated rings. The number of hydrogen-bond donors (Lipinski definition) is 1. The van der Waals surface area contributed by atoms with Gasteiger partial charge in [-0.25, -0.2) is 9.98 Å². The normalized spacial score (nSPS) is 14.9. The molecular weight excluding hydrogens is 360 g/mol. The van der Waals surface area contributed by atoms with Crippen LogP contribution in [-0.4, -0.2) is 47.0 Å². The average Bonchev–Trinajstić information content (AvgIpc) is 2.73. The summed E-state index contributed by atoms with van der Waals surface area (Å²) in [4.78, 5) is 11.0. The minimum absolute atomic E-state index is 0.441. The Labute approximate surface area is 164 Å². The lowest BCUT2D eigenvalue weighted by atomic mass is 10.2. The van der Waals surface area contributed by atoms with E-state index in [9.17, 15) is 0 Å². The van der Waals surface area contributed by atoms with E-state index in [4.69, 9.17) is 15.2 Å². The third-order valence-electron chi connectivity index (χ3n) is 4.11. The van der Waals surface area contributed by atoms with Gasteiger partial charge in [-0.3, -0.25) is 0 Å². The predicted molar refractivity (Wildman–Crippen MR) is 111 cm³/mol.